The second-order valence-electron chi connectivity index (χ2n) is 4.32. The summed E-state index contributed by atoms with van der Waals surface area (Å²) in [7, 11) is 0. The Morgan fingerprint density at radius 1 is 1.61 bits per heavy atom. The van der Waals surface area contributed by atoms with Gasteiger partial charge in [0.05, 0.1) is 10.5 Å². The minimum absolute atomic E-state index is 0.0114. The minimum atomic E-state index is -0.614. The Balaban J connectivity index is 2.78. The monoisotopic (exact) mass is 252 g/mol. The number of nitrogens with one attached hydrogen (secondary N) is 1. The highest BCUT2D eigenvalue weighted by molar-refractivity contribution is 5.98. The summed E-state index contributed by atoms with van der Waals surface area (Å²) in [5.74, 6) is 0.0119. The maximum atomic E-state index is 11.8. The first-order valence-corrected chi connectivity index (χ1v) is 5.60. The van der Waals surface area contributed by atoms with Gasteiger partial charge in [-0.2, -0.15) is 0 Å². The molecule has 0 bridgehead atoms. The van der Waals surface area contributed by atoms with E-state index in [4.69, 9.17) is 5.73 Å². The number of pyridine rings is 1. The van der Waals surface area contributed by atoms with Crippen LogP contribution in [0.25, 0.3) is 0 Å². The molecule has 1 heterocycles. The van der Waals surface area contributed by atoms with Crippen LogP contribution in [0.3, 0.4) is 0 Å². The van der Waals surface area contributed by atoms with Crippen LogP contribution in [0.5, 0.6) is 0 Å². The van der Waals surface area contributed by atoms with Gasteiger partial charge in [-0.25, -0.2) is 4.98 Å². The first-order chi connectivity index (χ1) is 8.41. The van der Waals surface area contributed by atoms with Crippen molar-refractivity contribution in [1.82, 2.24) is 10.3 Å². The summed E-state index contributed by atoms with van der Waals surface area (Å²) < 4.78 is 0. The molecule has 1 amide bonds. The third-order valence-electron chi connectivity index (χ3n) is 2.37. The largest absolute Gasteiger partial charge is 0.383 e. The van der Waals surface area contributed by atoms with Gasteiger partial charge in [0.25, 0.3) is 11.6 Å². The van der Waals surface area contributed by atoms with Gasteiger partial charge in [-0.1, -0.05) is 13.8 Å². The molecule has 0 atom stereocenters. The van der Waals surface area contributed by atoms with Crippen LogP contribution >= 0.6 is 0 Å². The van der Waals surface area contributed by atoms with E-state index in [0.717, 1.165) is 18.7 Å². The first kappa shape index (κ1) is 13.9. The lowest BCUT2D eigenvalue weighted by Gasteiger charge is -2.08. The van der Waals surface area contributed by atoms with Gasteiger partial charge in [0.2, 0.25) is 0 Å². The molecule has 98 valence electrons. The summed E-state index contributed by atoms with van der Waals surface area (Å²) in [5, 5.41) is 13.2. The second kappa shape index (κ2) is 5.95. The zero-order valence-electron chi connectivity index (χ0n) is 10.3. The van der Waals surface area contributed by atoms with Crippen molar-refractivity contribution in [3.8, 4) is 0 Å². The van der Waals surface area contributed by atoms with Gasteiger partial charge in [0.15, 0.2) is 0 Å². The summed E-state index contributed by atoms with van der Waals surface area (Å²) in [6.07, 6.45) is 1.86. The van der Waals surface area contributed by atoms with Crippen LogP contribution in [-0.2, 0) is 0 Å². The zero-order valence-corrected chi connectivity index (χ0v) is 10.3. The van der Waals surface area contributed by atoms with E-state index in [9.17, 15) is 14.9 Å². The van der Waals surface area contributed by atoms with Gasteiger partial charge < -0.3 is 11.1 Å². The van der Waals surface area contributed by atoms with Crippen molar-refractivity contribution in [2.75, 3.05) is 12.3 Å². The van der Waals surface area contributed by atoms with E-state index in [-0.39, 0.29) is 17.1 Å². The number of nitrogens with two attached hydrogens (primary N) is 1. The molecule has 1 rings (SSSR count). The maximum absolute atomic E-state index is 11.8. The topological polar surface area (TPSA) is 111 Å². The molecule has 3 N–H and O–H groups in total. The predicted molar refractivity (Wildman–Crippen MR) is 67.1 cm³/mol. The quantitative estimate of drug-likeness (QED) is 0.606. The Hall–Kier alpha value is -2.18. The van der Waals surface area contributed by atoms with Crippen LogP contribution in [0, 0.1) is 16.0 Å². The molecule has 0 radical (unpaired) electrons. The zero-order chi connectivity index (χ0) is 13.7. The number of rotatable bonds is 5. The molecule has 18 heavy (non-hydrogen) atoms. The van der Waals surface area contributed by atoms with Crippen LogP contribution in [0.4, 0.5) is 11.5 Å². The average molecular weight is 252 g/mol. The molecule has 0 aliphatic heterocycles. The molecule has 0 saturated heterocycles. The Labute approximate surface area is 105 Å². The molecular weight excluding hydrogens is 236 g/mol. The van der Waals surface area contributed by atoms with Gasteiger partial charge in [-0.3, -0.25) is 14.9 Å². The SMILES string of the molecule is CC(C)CCNC(=O)c1cc([N+](=O)[O-])cnc1N. The van der Waals surface area contributed by atoms with E-state index in [1.54, 1.807) is 0 Å². The van der Waals surface area contributed by atoms with Crippen LogP contribution in [0.2, 0.25) is 0 Å². The molecule has 0 saturated carbocycles. The third kappa shape index (κ3) is 3.69. The van der Waals surface area contributed by atoms with Crippen LogP contribution in [0.15, 0.2) is 12.3 Å². The molecule has 0 aliphatic carbocycles. The van der Waals surface area contributed by atoms with Crippen molar-refractivity contribution in [3.05, 3.63) is 27.9 Å². The predicted octanol–water partition coefficient (Wildman–Crippen LogP) is 1.35. The highest BCUT2D eigenvalue weighted by Gasteiger charge is 2.16. The third-order valence-corrected chi connectivity index (χ3v) is 2.37. The van der Waals surface area contributed by atoms with Gasteiger partial charge in [0.1, 0.15) is 12.0 Å². The fraction of sp³-hybridized carbons (Fsp3) is 0.455. The van der Waals surface area contributed by atoms with Crippen molar-refractivity contribution in [2.24, 2.45) is 5.92 Å². The van der Waals surface area contributed by atoms with E-state index in [1.807, 2.05) is 13.8 Å². The molecule has 7 heteroatoms. The number of carbonyl (C=O) groups excluding carboxylic acids is 1. The lowest BCUT2D eigenvalue weighted by atomic mass is 10.1. The van der Waals surface area contributed by atoms with Crippen LogP contribution in [-0.4, -0.2) is 22.4 Å². The van der Waals surface area contributed by atoms with Gasteiger partial charge in [-0.15, -0.1) is 0 Å². The van der Waals surface area contributed by atoms with Gasteiger partial charge in [0, 0.05) is 12.6 Å². The lowest BCUT2D eigenvalue weighted by molar-refractivity contribution is -0.385. The standard InChI is InChI=1S/C11H16N4O3/c1-7(2)3-4-13-11(16)9-5-8(15(17)18)6-14-10(9)12/h5-7H,3-4H2,1-2H3,(H2,12,14)(H,13,16). The summed E-state index contributed by atoms with van der Waals surface area (Å²) in [6.45, 7) is 4.57. The highest BCUT2D eigenvalue weighted by atomic mass is 16.6. The number of nitrogens with zero attached hydrogens (tertiary/aromatic N) is 2. The van der Waals surface area contributed by atoms with Crippen molar-refractivity contribution >= 4 is 17.4 Å². The average Bonchev–Trinajstić information content (AvgIpc) is 2.28. The fourth-order valence-corrected chi connectivity index (χ4v) is 1.32. The van der Waals surface area contributed by atoms with Gasteiger partial charge >= 0.3 is 0 Å². The lowest BCUT2D eigenvalue weighted by Crippen LogP contribution is -2.26. The Bertz CT molecular complexity index is 460. The van der Waals surface area contributed by atoms with E-state index < -0.39 is 10.8 Å². The first-order valence-electron chi connectivity index (χ1n) is 5.60. The summed E-state index contributed by atoms with van der Waals surface area (Å²) in [5.41, 5.74) is 5.31. The van der Waals surface area contributed by atoms with Crippen molar-refractivity contribution in [1.29, 1.82) is 0 Å². The summed E-state index contributed by atoms with van der Waals surface area (Å²) in [4.78, 5) is 25.4. The van der Waals surface area contributed by atoms with E-state index in [2.05, 4.69) is 10.3 Å². The molecule has 1 aromatic rings. The fourth-order valence-electron chi connectivity index (χ4n) is 1.32. The number of nitrogen functional groups attached to an aromatic ring is 1. The number of anilines is 1. The molecule has 0 fully saturated rings. The molecule has 1 aromatic heterocycles. The summed E-state index contributed by atoms with van der Waals surface area (Å²) in [6, 6.07) is 1.13. The van der Waals surface area contributed by atoms with Crippen LogP contribution < -0.4 is 11.1 Å². The minimum Gasteiger partial charge on any atom is -0.383 e. The molecule has 7 nitrogen and oxygen atoms in total. The smallest absolute Gasteiger partial charge is 0.288 e. The Morgan fingerprint density at radius 3 is 2.83 bits per heavy atom. The molecule has 0 unspecified atom stereocenters. The second-order valence-corrected chi connectivity index (χ2v) is 4.32. The van der Waals surface area contributed by atoms with Crippen LogP contribution in [0.1, 0.15) is 30.6 Å². The van der Waals surface area contributed by atoms with Crippen molar-refractivity contribution in [3.63, 3.8) is 0 Å². The number of aromatic nitrogens is 1. The highest BCUT2D eigenvalue weighted by Crippen LogP contribution is 2.16. The van der Waals surface area contributed by atoms with Crippen molar-refractivity contribution < 1.29 is 9.72 Å². The molecule has 0 aromatic carbocycles. The van der Waals surface area contributed by atoms with Crippen molar-refractivity contribution in [2.45, 2.75) is 20.3 Å². The molecular formula is C11H16N4O3. The Morgan fingerprint density at radius 2 is 2.28 bits per heavy atom. The molecule has 0 spiro atoms. The summed E-state index contributed by atoms with van der Waals surface area (Å²) >= 11 is 0. The number of nitro groups is 1. The van der Waals surface area contributed by atoms with E-state index in [0.29, 0.717) is 12.5 Å². The normalized spacial score (nSPS) is 10.4. The molecule has 0 aliphatic rings. The number of hydrogen-bond acceptors (Lipinski definition) is 5. The number of hydrogen-bond donors (Lipinski definition) is 2. The van der Waals surface area contributed by atoms with Gasteiger partial charge in [-0.05, 0) is 12.3 Å². The Kier molecular flexibility index (Phi) is 4.59. The number of carbonyl (C=O) groups is 1. The van der Waals surface area contributed by atoms with E-state index in [1.165, 1.54) is 0 Å². The van der Waals surface area contributed by atoms with E-state index >= 15 is 0 Å². The number of amides is 1. The maximum Gasteiger partial charge on any atom is 0.288 e.